The van der Waals surface area contributed by atoms with Crippen LogP contribution in [0.3, 0.4) is 0 Å². The predicted molar refractivity (Wildman–Crippen MR) is 130 cm³/mol. The first kappa shape index (κ1) is 22.6. The monoisotopic (exact) mass is 446 g/mol. The van der Waals surface area contributed by atoms with Gasteiger partial charge in [-0.05, 0) is 42.4 Å². The first-order chi connectivity index (χ1) is 16.0. The molecule has 172 valence electrons. The Morgan fingerprint density at radius 1 is 1.12 bits per heavy atom. The number of carbonyl (C=O) groups is 1. The van der Waals surface area contributed by atoms with Gasteiger partial charge in [-0.3, -0.25) is 24.0 Å². The topological polar surface area (TPSA) is 101 Å². The molecule has 3 N–H and O–H groups in total. The Hall–Kier alpha value is -3.61. The van der Waals surface area contributed by atoms with Gasteiger partial charge in [-0.15, -0.1) is 0 Å². The highest BCUT2D eigenvalue weighted by atomic mass is 16.2. The summed E-state index contributed by atoms with van der Waals surface area (Å²) >= 11 is 0. The molecule has 7 nitrogen and oxygen atoms in total. The summed E-state index contributed by atoms with van der Waals surface area (Å²) in [6.45, 7) is 2.59. The smallest absolute Gasteiger partial charge is 0.330 e. The molecule has 1 aliphatic carbocycles. The third-order valence-corrected chi connectivity index (χ3v) is 6.34. The largest absolute Gasteiger partial charge is 0.383 e. The molecule has 0 fully saturated rings. The summed E-state index contributed by atoms with van der Waals surface area (Å²) in [5.74, 6) is -0.511. The zero-order valence-electron chi connectivity index (χ0n) is 18.9. The number of nitrogens with zero attached hydrogens (tertiary/aromatic N) is 2. The van der Waals surface area contributed by atoms with E-state index in [-0.39, 0.29) is 29.9 Å². The molecule has 33 heavy (non-hydrogen) atoms. The maximum atomic E-state index is 14.0. The van der Waals surface area contributed by atoms with Crippen molar-refractivity contribution in [2.75, 3.05) is 10.6 Å². The number of benzene rings is 2. The molecule has 0 spiro atoms. The average molecular weight is 447 g/mol. The maximum Gasteiger partial charge on any atom is 0.330 e. The maximum absolute atomic E-state index is 14.0. The fourth-order valence-electron chi connectivity index (χ4n) is 4.61. The number of H-pyrrole nitrogens is 1. The molecule has 1 unspecified atom stereocenters. The van der Waals surface area contributed by atoms with Crippen molar-refractivity contribution in [1.29, 1.82) is 0 Å². The van der Waals surface area contributed by atoms with E-state index < -0.39 is 11.2 Å². The zero-order chi connectivity index (χ0) is 23.4. The molecule has 1 amide bonds. The second-order valence-corrected chi connectivity index (χ2v) is 8.55. The van der Waals surface area contributed by atoms with Crippen LogP contribution >= 0.6 is 0 Å². The molecule has 4 rings (SSSR count). The minimum Gasteiger partial charge on any atom is -0.383 e. The van der Waals surface area contributed by atoms with E-state index >= 15 is 0 Å². The summed E-state index contributed by atoms with van der Waals surface area (Å²) in [6.07, 6.45) is 4.14. The second kappa shape index (κ2) is 9.90. The lowest BCUT2D eigenvalue weighted by atomic mass is 9.82. The van der Waals surface area contributed by atoms with Gasteiger partial charge >= 0.3 is 5.69 Å². The van der Waals surface area contributed by atoms with Crippen LogP contribution in [0.25, 0.3) is 0 Å². The predicted octanol–water partition coefficient (Wildman–Crippen LogP) is 3.57. The van der Waals surface area contributed by atoms with Crippen LogP contribution in [-0.2, 0) is 24.3 Å². The van der Waals surface area contributed by atoms with Crippen molar-refractivity contribution in [3.63, 3.8) is 0 Å². The van der Waals surface area contributed by atoms with Gasteiger partial charge in [0.05, 0.1) is 12.5 Å². The van der Waals surface area contributed by atoms with E-state index in [1.165, 1.54) is 9.47 Å². The molecule has 0 bridgehead atoms. The van der Waals surface area contributed by atoms with Crippen molar-refractivity contribution in [2.24, 2.45) is 0 Å². The van der Waals surface area contributed by atoms with E-state index in [0.717, 1.165) is 42.4 Å². The number of hydrogen-bond donors (Lipinski definition) is 2. The molecule has 1 atom stereocenters. The van der Waals surface area contributed by atoms with E-state index in [1.807, 2.05) is 55.5 Å². The summed E-state index contributed by atoms with van der Waals surface area (Å²) in [5, 5.41) is 0. The number of aromatic nitrogens is 2. The van der Waals surface area contributed by atoms with Crippen molar-refractivity contribution in [3.8, 4) is 0 Å². The molecule has 0 saturated heterocycles. The fourth-order valence-corrected chi connectivity index (χ4v) is 4.61. The molecule has 0 saturated carbocycles. The number of nitrogens with two attached hydrogens (primary N) is 1. The van der Waals surface area contributed by atoms with Crippen LogP contribution in [0, 0.1) is 0 Å². The van der Waals surface area contributed by atoms with E-state index in [4.69, 9.17) is 5.73 Å². The van der Waals surface area contributed by atoms with Gasteiger partial charge in [0.2, 0.25) is 5.91 Å². The zero-order valence-corrected chi connectivity index (χ0v) is 18.9. The Kier molecular flexibility index (Phi) is 6.77. The highest BCUT2D eigenvalue weighted by Gasteiger charge is 2.33. The summed E-state index contributed by atoms with van der Waals surface area (Å²) < 4.78 is 1.36. The molecule has 3 aromatic rings. The SMILES string of the molecule is CCCCn1c(N)c(N(Cc2ccccc2)C(=O)C2CCCc3ccccc32)c(=O)[nH]c1=O. The molecular formula is C26H30N4O3. The van der Waals surface area contributed by atoms with Crippen molar-refractivity contribution < 1.29 is 4.79 Å². The molecule has 7 heteroatoms. The third-order valence-electron chi connectivity index (χ3n) is 6.34. The van der Waals surface area contributed by atoms with Crippen LogP contribution in [-0.4, -0.2) is 15.5 Å². The van der Waals surface area contributed by atoms with Gasteiger partial charge in [0.25, 0.3) is 5.56 Å². The van der Waals surface area contributed by atoms with Crippen LogP contribution in [0.2, 0.25) is 0 Å². The average Bonchev–Trinajstić information content (AvgIpc) is 2.83. The van der Waals surface area contributed by atoms with Gasteiger partial charge in [-0.2, -0.15) is 0 Å². The molecule has 1 aromatic heterocycles. The van der Waals surface area contributed by atoms with Crippen molar-refractivity contribution in [3.05, 3.63) is 92.1 Å². The van der Waals surface area contributed by atoms with Gasteiger partial charge in [-0.1, -0.05) is 67.9 Å². The molecule has 2 aromatic carbocycles. The van der Waals surface area contributed by atoms with Crippen molar-refractivity contribution in [2.45, 2.75) is 58.0 Å². The van der Waals surface area contributed by atoms with Crippen LogP contribution in [0.4, 0.5) is 11.5 Å². The highest BCUT2D eigenvalue weighted by Crippen LogP contribution is 2.35. The first-order valence-corrected chi connectivity index (χ1v) is 11.6. The number of nitrogens with one attached hydrogen (secondary N) is 1. The molecular weight excluding hydrogens is 416 g/mol. The summed E-state index contributed by atoms with van der Waals surface area (Å²) in [5.41, 5.74) is 8.28. The third kappa shape index (κ3) is 4.62. The lowest BCUT2D eigenvalue weighted by Gasteiger charge is -2.31. The molecule has 1 aliphatic rings. The number of rotatable bonds is 7. The van der Waals surface area contributed by atoms with Gasteiger partial charge in [-0.25, -0.2) is 4.79 Å². The van der Waals surface area contributed by atoms with Gasteiger partial charge in [0, 0.05) is 6.54 Å². The Labute approximate surface area is 192 Å². The number of carbonyl (C=O) groups excluding carboxylic acids is 1. The summed E-state index contributed by atoms with van der Waals surface area (Å²) in [4.78, 5) is 43.3. The quantitative estimate of drug-likeness (QED) is 0.579. The number of hydrogen-bond acceptors (Lipinski definition) is 4. The normalized spacial score (nSPS) is 15.1. The second-order valence-electron chi connectivity index (χ2n) is 8.55. The van der Waals surface area contributed by atoms with Crippen LogP contribution in [0.15, 0.2) is 64.2 Å². The van der Waals surface area contributed by atoms with E-state index in [0.29, 0.717) is 13.0 Å². The lowest BCUT2D eigenvalue weighted by molar-refractivity contribution is -0.120. The van der Waals surface area contributed by atoms with Crippen LogP contribution in [0.1, 0.15) is 55.2 Å². The Balaban J connectivity index is 1.83. The Morgan fingerprint density at radius 2 is 1.85 bits per heavy atom. The standard InChI is InChI=1S/C26H30N4O3/c1-2-3-16-29-23(27)22(24(31)28-26(29)33)30(17-18-10-5-4-6-11-18)25(32)21-15-9-13-19-12-7-8-14-20(19)21/h4-8,10-12,14,21H,2-3,9,13,15-17,27H2,1H3,(H,28,31,33). The minimum absolute atomic E-state index is 0.0329. The van der Waals surface area contributed by atoms with E-state index in [2.05, 4.69) is 11.1 Å². The number of anilines is 2. The fraction of sp³-hybridized carbons (Fsp3) is 0.346. The number of aryl methyl sites for hydroxylation is 1. The van der Waals surface area contributed by atoms with Gasteiger partial charge in [0.1, 0.15) is 5.82 Å². The molecule has 0 aliphatic heterocycles. The van der Waals surface area contributed by atoms with E-state index in [9.17, 15) is 14.4 Å². The summed E-state index contributed by atoms with van der Waals surface area (Å²) in [7, 11) is 0. The van der Waals surface area contributed by atoms with Crippen molar-refractivity contribution >= 4 is 17.4 Å². The molecule has 1 heterocycles. The van der Waals surface area contributed by atoms with Gasteiger partial charge < -0.3 is 5.73 Å². The number of fused-ring (bicyclic) bond motifs is 1. The number of aromatic amines is 1. The number of nitrogen functional groups attached to an aromatic ring is 1. The Morgan fingerprint density at radius 3 is 2.61 bits per heavy atom. The van der Waals surface area contributed by atoms with Crippen LogP contribution < -0.4 is 21.9 Å². The first-order valence-electron chi connectivity index (χ1n) is 11.6. The number of unbranched alkanes of at least 4 members (excludes halogenated alkanes) is 1. The highest BCUT2D eigenvalue weighted by molar-refractivity contribution is 6.00. The lowest BCUT2D eigenvalue weighted by Crippen LogP contribution is -2.43. The number of amides is 1. The van der Waals surface area contributed by atoms with Crippen LogP contribution in [0.5, 0.6) is 0 Å². The van der Waals surface area contributed by atoms with E-state index in [1.54, 1.807) is 0 Å². The Bertz CT molecular complexity index is 1250. The van der Waals surface area contributed by atoms with Gasteiger partial charge in [0.15, 0.2) is 5.69 Å². The minimum atomic E-state index is -0.640. The summed E-state index contributed by atoms with van der Waals surface area (Å²) in [6, 6.07) is 17.5. The molecule has 0 radical (unpaired) electrons. The van der Waals surface area contributed by atoms with Crippen molar-refractivity contribution in [1.82, 2.24) is 9.55 Å².